The quantitative estimate of drug-likeness (QED) is 0.760. The number of aliphatic imine (C=N–C) groups is 1. The van der Waals surface area contributed by atoms with Crippen molar-refractivity contribution in [2.24, 2.45) is 4.99 Å². The number of phenols is 1. The van der Waals surface area contributed by atoms with Crippen molar-refractivity contribution in [1.82, 2.24) is 15.2 Å². The Morgan fingerprint density at radius 1 is 1.50 bits per heavy atom. The summed E-state index contributed by atoms with van der Waals surface area (Å²) in [5.74, 6) is 0.831. The van der Waals surface area contributed by atoms with Crippen LogP contribution >= 0.6 is 0 Å². The van der Waals surface area contributed by atoms with Gasteiger partial charge < -0.3 is 9.84 Å². The summed E-state index contributed by atoms with van der Waals surface area (Å²) < 4.78 is 4.98. The van der Waals surface area contributed by atoms with E-state index in [-0.39, 0.29) is 5.75 Å². The number of para-hydroxylation sites is 1. The molecule has 2 N–H and O–H groups in total. The van der Waals surface area contributed by atoms with E-state index in [1.807, 2.05) is 0 Å². The minimum Gasteiger partial charge on any atom is -0.504 e. The molecular formula is C10H10N4O2. The third kappa shape index (κ3) is 2.00. The number of rotatable bonds is 3. The summed E-state index contributed by atoms with van der Waals surface area (Å²) in [6.07, 6.45) is 2.84. The van der Waals surface area contributed by atoms with Gasteiger partial charge in [0.1, 0.15) is 6.33 Å². The summed E-state index contributed by atoms with van der Waals surface area (Å²) in [4.78, 5) is 7.83. The predicted octanol–water partition coefficient (Wildman–Crippen LogP) is 1.27. The Labute approximate surface area is 91.6 Å². The van der Waals surface area contributed by atoms with Gasteiger partial charge in [-0.3, -0.25) is 0 Å². The zero-order valence-electron chi connectivity index (χ0n) is 8.58. The number of nitrogens with one attached hydrogen (secondary N) is 1. The average molecular weight is 218 g/mol. The standard InChI is InChI=1S/C10H10N4O2/c1-16-8-4-2-3-7(9(8)15)5-11-10-12-6-13-14-10/h2-6,15H,1H3,(H,12,13,14)/b11-5-. The molecule has 0 fully saturated rings. The maximum atomic E-state index is 9.75. The normalized spacial score (nSPS) is 10.8. The van der Waals surface area contributed by atoms with Gasteiger partial charge in [0, 0.05) is 11.8 Å². The fraction of sp³-hybridized carbons (Fsp3) is 0.100. The lowest BCUT2D eigenvalue weighted by Crippen LogP contribution is -1.88. The second-order valence-corrected chi connectivity index (χ2v) is 2.97. The monoisotopic (exact) mass is 218 g/mol. The fourth-order valence-electron chi connectivity index (χ4n) is 1.20. The molecule has 0 atom stereocenters. The molecule has 0 aliphatic rings. The topological polar surface area (TPSA) is 83.4 Å². The summed E-state index contributed by atoms with van der Waals surface area (Å²) >= 11 is 0. The number of hydrogen-bond donors (Lipinski definition) is 2. The number of hydrogen-bond acceptors (Lipinski definition) is 5. The van der Waals surface area contributed by atoms with Gasteiger partial charge >= 0.3 is 0 Å². The van der Waals surface area contributed by atoms with Crippen LogP contribution in [0.4, 0.5) is 5.95 Å². The number of methoxy groups -OCH3 is 1. The lowest BCUT2D eigenvalue weighted by molar-refractivity contribution is 0.373. The zero-order chi connectivity index (χ0) is 11.4. The molecule has 1 aromatic heterocycles. The molecule has 0 amide bonds. The van der Waals surface area contributed by atoms with Crippen LogP contribution in [0.1, 0.15) is 5.56 Å². The number of aromatic nitrogens is 3. The van der Waals surface area contributed by atoms with Crippen molar-refractivity contribution in [2.75, 3.05) is 7.11 Å². The van der Waals surface area contributed by atoms with Gasteiger partial charge in [-0.2, -0.15) is 10.1 Å². The third-order valence-corrected chi connectivity index (χ3v) is 1.98. The first kappa shape index (κ1) is 10.2. The number of aromatic hydroxyl groups is 1. The molecule has 0 saturated heterocycles. The highest BCUT2D eigenvalue weighted by atomic mass is 16.5. The van der Waals surface area contributed by atoms with Gasteiger partial charge in [0.15, 0.2) is 11.5 Å². The van der Waals surface area contributed by atoms with E-state index >= 15 is 0 Å². The summed E-state index contributed by atoms with van der Waals surface area (Å²) in [7, 11) is 1.49. The number of phenolic OH excluding ortho intramolecular Hbond substituents is 1. The minimum atomic E-state index is 0.0493. The number of nitrogens with zero attached hydrogens (tertiary/aromatic N) is 3. The van der Waals surface area contributed by atoms with E-state index in [2.05, 4.69) is 20.2 Å². The Hall–Kier alpha value is -2.37. The SMILES string of the molecule is COc1cccc(/C=N\c2ncn[nH]2)c1O. The van der Waals surface area contributed by atoms with Crippen molar-refractivity contribution in [3.63, 3.8) is 0 Å². The van der Waals surface area contributed by atoms with Gasteiger partial charge in [-0.25, -0.2) is 10.1 Å². The number of ether oxygens (including phenoxy) is 1. The molecule has 0 saturated carbocycles. The van der Waals surface area contributed by atoms with Gasteiger partial charge in [0.25, 0.3) is 0 Å². The second kappa shape index (κ2) is 4.43. The smallest absolute Gasteiger partial charge is 0.245 e. The summed E-state index contributed by atoms with van der Waals surface area (Å²) in [5.41, 5.74) is 0.552. The molecule has 0 bridgehead atoms. The summed E-state index contributed by atoms with van der Waals surface area (Å²) in [5, 5.41) is 16.0. The van der Waals surface area contributed by atoms with Crippen LogP contribution in [0.15, 0.2) is 29.5 Å². The van der Waals surface area contributed by atoms with Crippen molar-refractivity contribution < 1.29 is 9.84 Å². The van der Waals surface area contributed by atoms with Crippen LogP contribution in [0.25, 0.3) is 0 Å². The largest absolute Gasteiger partial charge is 0.504 e. The van der Waals surface area contributed by atoms with Crippen molar-refractivity contribution in [2.45, 2.75) is 0 Å². The third-order valence-electron chi connectivity index (χ3n) is 1.98. The molecule has 1 heterocycles. The van der Waals surface area contributed by atoms with Gasteiger partial charge in [-0.05, 0) is 12.1 Å². The van der Waals surface area contributed by atoms with E-state index in [0.29, 0.717) is 17.3 Å². The van der Waals surface area contributed by atoms with E-state index in [9.17, 15) is 5.11 Å². The number of aromatic amines is 1. The predicted molar refractivity (Wildman–Crippen MR) is 58.3 cm³/mol. The molecule has 16 heavy (non-hydrogen) atoms. The minimum absolute atomic E-state index is 0.0493. The molecule has 1 aromatic carbocycles. The van der Waals surface area contributed by atoms with Crippen molar-refractivity contribution in [3.8, 4) is 11.5 Å². The molecule has 2 aromatic rings. The van der Waals surface area contributed by atoms with E-state index in [4.69, 9.17) is 4.74 Å². The van der Waals surface area contributed by atoms with Crippen molar-refractivity contribution >= 4 is 12.2 Å². The molecule has 0 unspecified atom stereocenters. The molecule has 6 nitrogen and oxygen atoms in total. The van der Waals surface area contributed by atoms with Gasteiger partial charge in [-0.1, -0.05) is 6.07 Å². The van der Waals surface area contributed by atoms with Crippen LogP contribution in [0.3, 0.4) is 0 Å². The van der Waals surface area contributed by atoms with Crippen LogP contribution in [-0.2, 0) is 0 Å². The maximum absolute atomic E-state index is 9.75. The summed E-state index contributed by atoms with van der Waals surface area (Å²) in [6.45, 7) is 0. The molecule has 2 rings (SSSR count). The first-order valence-electron chi connectivity index (χ1n) is 4.56. The van der Waals surface area contributed by atoms with Crippen molar-refractivity contribution in [1.29, 1.82) is 0 Å². The Balaban J connectivity index is 2.28. The van der Waals surface area contributed by atoms with E-state index < -0.39 is 0 Å². The maximum Gasteiger partial charge on any atom is 0.245 e. The Morgan fingerprint density at radius 2 is 2.38 bits per heavy atom. The highest BCUT2D eigenvalue weighted by Gasteiger charge is 2.04. The molecular weight excluding hydrogens is 208 g/mol. The van der Waals surface area contributed by atoms with Crippen LogP contribution in [0.5, 0.6) is 11.5 Å². The molecule has 0 aliphatic carbocycles. The van der Waals surface area contributed by atoms with Crippen LogP contribution in [-0.4, -0.2) is 33.6 Å². The Morgan fingerprint density at radius 3 is 3.06 bits per heavy atom. The Kier molecular flexibility index (Phi) is 2.81. The van der Waals surface area contributed by atoms with E-state index in [0.717, 1.165) is 0 Å². The van der Waals surface area contributed by atoms with E-state index in [1.54, 1.807) is 18.2 Å². The second-order valence-electron chi connectivity index (χ2n) is 2.97. The zero-order valence-corrected chi connectivity index (χ0v) is 8.58. The first-order chi connectivity index (χ1) is 7.81. The van der Waals surface area contributed by atoms with Crippen LogP contribution in [0.2, 0.25) is 0 Å². The van der Waals surface area contributed by atoms with Gasteiger partial charge in [0.2, 0.25) is 5.95 Å². The number of benzene rings is 1. The lowest BCUT2D eigenvalue weighted by Gasteiger charge is -2.04. The molecule has 82 valence electrons. The summed E-state index contributed by atoms with van der Waals surface area (Å²) in [6, 6.07) is 5.15. The average Bonchev–Trinajstić information content (AvgIpc) is 2.81. The number of H-pyrrole nitrogens is 1. The first-order valence-corrected chi connectivity index (χ1v) is 4.56. The highest BCUT2D eigenvalue weighted by Crippen LogP contribution is 2.28. The van der Waals surface area contributed by atoms with Crippen LogP contribution in [0, 0.1) is 0 Å². The Bertz CT molecular complexity index is 494. The van der Waals surface area contributed by atoms with Gasteiger partial charge in [-0.15, -0.1) is 0 Å². The fourth-order valence-corrected chi connectivity index (χ4v) is 1.20. The lowest BCUT2D eigenvalue weighted by atomic mass is 10.2. The van der Waals surface area contributed by atoms with Crippen molar-refractivity contribution in [3.05, 3.63) is 30.1 Å². The van der Waals surface area contributed by atoms with Crippen LogP contribution < -0.4 is 4.74 Å². The van der Waals surface area contributed by atoms with Gasteiger partial charge in [0.05, 0.1) is 7.11 Å². The highest BCUT2D eigenvalue weighted by molar-refractivity contribution is 5.85. The molecule has 0 radical (unpaired) electrons. The molecule has 6 heteroatoms. The molecule has 0 spiro atoms. The van der Waals surface area contributed by atoms with E-state index in [1.165, 1.54) is 19.7 Å². The molecule has 0 aliphatic heterocycles.